The quantitative estimate of drug-likeness (QED) is 0.514. The summed E-state index contributed by atoms with van der Waals surface area (Å²) in [6.07, 6.45) is 1.51. The van der Waals surface area contributed by atoms with Crippen LogP contribution in [0.15, 0.2) is 0 Å². The zero-order chi connectivity index (χ0) is 16.3. The normalized spacial score (nSPS) is 14.0. The third-order valence-corrected chi connectivity index (χ3v) is 5.22. The lowest BCUT2D eigenvalue weighted by molar-refractivity contribution is 0.119. The van der Waals surface area contributed by atoms with Gasteiger partial charge in [0.1, 0.15) is 0 Å². The summed E-state index contributed by atoms with van der Waals surface area (Å²) in [5.41, 5.74) is 0. The average molecular weight is 324 g/mol. The third kappa shape index (κ3) is 9.42. The SMILES string of the molecule is COCCN(C(C)COC)S(=O)(=O)CCCCNC(C)C. The van der Waals surface area contributed by atoms with E-state index in [4.69, 9.17) is 9.47 Å². The molecule has 0 aromatic heterocycles. The van der Waals surface area contributed by atoms with Gasteiger partial charge in [-0.25, -0.2) is 8.42 Å². The molecule has 0 spiro atoms. The molecule has 0 aliphatic heterocycles. The highest BCUT2D eigenvalue weighted by atomic mass is 32.2. The second kappa shape index (κ2) is 11.4. The summed E-state index contributed by atoms with van der Waals surface area (Å²) in [4.78, 5) is 0. The Kier molecular flexibility index (Phi) is 11.3. The predicted octanol–water partition coefficient (Wildman–Crippen LogP) is 1.08. The molecule has 0 aromatic rings. The molecule has 0 rings (SSSR count). The Balaban J connectivity index is 4.41. The van der Waals surface area contributed by atoms with Gasteiger partial charge in [-0.3, -0.25) is 0 Å². The van der Waals surface area contributed by atoms with Crippen molar-refractivity contribution in [3.63, 3.8) is 0 Å². The predicted molar refractivity (Wildman–Crippen MR) is 86.1 cm³/mol. The Morgan fingerprint density at radius 3 is 2.29 bits per heavy atom. The van der Waals surface area contributed by atoms with Crippen LogP contribution < -0.4 is 5.32 Å². The van der Waals surface area contributed by atoms with Gasteiger partial charge in [0, 0.05) is 32.8 Å². The number of sulfonamides is 1. The standard InChI is InChI=1S/C14H32N2O4S/c1-13(2)15-8-6-7-11-21(17,18)16(9-10-19-4)14(3)12-20-5/h13-15H,6-12H2,1-5H3. The zero-order valence-corrected chi connectivity index (χ0v) is 14.9. The van der Waals surface area contributed by atoms with Crippen LogP contribution in [0.2, 0.25) is 0 Å². The van der Waals surface area contributed by atoms with Crippen LogP contribution in [0.1, 0.15) is 33.6 Å². The van der Waals surface area contributed by atoms with Gasteiger partial charge in [0.2, 0.25) is 10.0 Å². The van der Waals surface area contributed by atoms with Gasteiger partial charge in [0.25, 0.3) is 0 Å². The Bertz CT molecular complexity index is 347. The van der Waals surface area contributed by atoms with Gasteiger partial charge in [-0.1, -0.05) is 13.8 Å². The van der Waals surface area contributed by atoms with E-state index in [1.807, 2.05) is 6.92 Å². The fourth-order valence-corrected chi connectivity index (χ4v) is 3.82. The van der Waals surface area contributed by atoms with Crippen LogP contribution in [0, 0.1) is 0 Å². The van der Waals surface area contributed by atoms with Gasteiger partial charge in [-0.2, -0.15) is 4.31 Å². The smallest absolute Gasteiger partial charge is 0.214 e. The van der Waals surface area contributed by atoms with Crippen molar-refractivity contribution in [1.29, 1.82) is 0 Å². The Morgan fingerprint density at radius 1 is 1.10 bits per heavy atom. The molecule has 0 saturated carbocycles. The van der Waals surface area contributed by atoms with Crippen LogP contribution >= 0.6 is 0 Å². The lowest BCUT2D eigenvalue weighted by Crippen LogP contribution is -2.44. The van der Waals surface area contributed by atoms with E-state index in [9.17, 15) is 8.42 Å². The summed E-state index contributed by atoms with van der Waals surface area (Å²) >= 11 is 0. The molecule has 7 heteroatoms. The van der Waals surface area contributed by atoms with Gasteiger partial charge in [0.05, 0.1) is 19.0 Å². The first kappa shape index (κ1) is 20.8. The second-order valence-corrected chi connectivity index (χ2v) is 7.58. The van der Waals surface area contributed by atoms with Crippen LogP contribution in [-0.4, -0.2) is 71.1 Å². The van der Waals surface area contributed by atoms with Crippen molar-refractivity contribution in [2.45, 2.75) is 45.7 Å². The van der Waals surface area contributed by atoms with E-state index in [0.717, 1.165) is 13.0 Å². The number of unbranched alkanes of at least 4 members (excludes halogenated alkanes) is 1. The highest BCUT2D eigenvalue weighted by Crippen LogP contribution is 2.10. The van der Waals surface area contributed by atoms with E-state index in [1.54, 1.807) is 14.2 Å². The maximum Gasteiger partial charge on any atom is 0.214 e. The summed E-state index contributed by atoms with van der Waals surface area (Å²) in [5, 5.41) is 3.29. The first-order valence-electron chi connectivity index (χ1n) is 7.56. The maximum atomic E-state index is 12.4. The number of ether oxygens (including phenoxy) is 2. The molecule has 0 bridgehead atoms. The molecule has 0 fully saturated rings. The molecule has 1 atom stereocenters. The summed E-state index contributed by atoms with van der Waals surface area (Å²) in [6.45, 7) is 8.01. The summed E-state index contributed by atoms with van der Waals surface area (Å²) in [7, 11) is -0.120. The highest BCUT2D eigenvalue weighted by molar-refractivity contribution is 7.89. The van der Waals surface area contributed by atoms with Gasteiger partial charge < -0.3 is 14.8 Å². The Labute approximate surface area is 130 Å². The second-order valence-electron chi connectivity index (χ2n) is 5.54. The molecule has 6 nitrogen and oxygen atoms in total. The summed E-state index contributed by atoms with van der Waals surface area (Å²) < 4.78 is 36.5. The molecule has 0 aliphatic rings. The van der Waals surface area contributed by atoms with Crippen LogP contribution in [0.3, 0.4) is 0 Å². The van der Waals surface area contributed by atoms with Gasteiger partial charge in [0.15, 0.2) is 0 Å². The molecular weight excluding hydrogens is 292 g/mol. The molecule has 128 valence electrons. The molecule has 21 heavy (non-hydrogen) atoms. The van der Waals surface area contributed by atoms with Crippen LogP contribution in [0.25, 0.3) is 0 Å². The van der Waals surface area contributed by atoms with E-state index in [1.165, 1.54) is 4.31 Å². The summed E-state index contributed by atoms with van der Waals surface area (Å²) in [6, 6.07) is 0.255. The number of nitrogens with zero attached hydrogens (tertiary/aromatic N) is 1. The molecule has 0 heterocycles. The average Bonchev–Trinajstić information content (AvgIpc) is 2.38. The highest BCUT2D eigenvalue weighted by Gasteiger charge is 2.26. The fourth-order valence-electron chi connectivity index (χ4n) is 2.06. The van der Waals surface area contributed by atoms with Crippen LogP contribution in [-0.2, 0) is 19.5 Å². The first-order chi connectivity index (χ1) is 9.85. The van der Waals surface area contributed by atoms with Crippen molar-refractivity contribution in [3.8, 4) is 0 Å². The lowest BCUT2D eigenvalue weighted by atomic mass is 10.3. The Morgan fingerprint density at radius 2 is 1.76 bits per heavy atom. The molecule has 1 unspecified atom stereocenters. The van der Waals surface area contributed by atoms with Crippen LogP contribution in [0.5, 0.6) is 0 Å². The molecular formula is C14H32N2O4S. The van der Waals surface area contributed by atoms with Crippen molar-refractivity contribution in [2.75, 3.05) is 46.3 Å². The maximum absolute atomic E-state index is 12.4. The molecule has 1 N–H and O–H groups in total. The minimum Gasteiger partial charge on any atom is -0.383 e. The lowest BCUT2D eigenvalue weighted by Gasteiger charge is -2.27. The van der Waals surface area contributed by atoms with Gasteiger partial charge >= 0.3 is 0 Å². The first-order valence-corrected chi connectivity index (χ1v) is 9.16. The van der Waals surface area contributed by atoms with Gasteiger partial charge in [-0.05, 0) is 26.3 Å². The minimum absolute atomic E-state index is 0.171. The van der Waals surface area contributed by atoms with E-state index < -0.39 is 10.0 Å². The minimum atomic E-state index is -3.27. The molecule has 0 aromatic carbocycles. The monoisotopic (exact) mass is 324 g/mol. The van der Waals surface area contributed by atoms with Crippen molar-refractivity contribution in [1.82, 2.24) is 9.62 Å². The van der Waals surface area contributed by atoms with Crippen molar-refractivity contribution >= 4 is 10.0 Å². The largest absolute Gasteiger partial charge is 0.383 e. The number of methoxy groups -OCH3 is 2. The number of rotatable bonds is 13. The van der Waals surface area contributed by atoms with Crippen molar-refractivity contribution < 1.29 is 17.9 Å². The number of hydrogen-bond donors (Lipinski definition) is 1. The zero-order valence-electron chi connectivity index (χ0n) is 14.1. The van der Waals surface area contributed by atoms with E-state index in [2.05, 4.69) is 19.2 Å². The molecule has 0 radical (unpaired) electrons. The molecule has 0 saturated heterocycles. The molecule has 0 aliphatic carbocycles. The number of nitrogens with one attached hydrogen (secondary N) is 1. The van der Waals surface area contributed by atoms with Crippen molar-refractivity contribution in [3.05, 3.63) is 0 Å². The van der Waals surface area contributed by atoms with Gasteiger partial charge in [-0.15, -0.1) is 0 Å². The van der Waals surface area contributed by atoms with Crippen LogP contribution in [0.4, 0.5) is 0 Å². The number of hydrogen-bond acceptors (Lipinski definition) is 5. The van der Waals surface area contributed by atoms with Crippen molar-refractivity contribution in [2.24, 2.45) is 0 Å². The van der Waals surface area contributed by atoms with E-state index >= 15 is 0 Å². The Hall–Kier alpha value is -0.210. The van der Waals surface area contributed by atoms with E-state index in [-0.39, 0.29) is 11.8 Å². The fraction of sp³-hybridized carbons (Fsp3) is 1.00. The molecule has 0 amide bonds. The topological polar surface area (TPSA) is 67.9 Å². The van der Waals surface area contributed by atoms with E-state index in [0.29, 0.717) is 32.2 Å². The third-order valence-electron chi connectivity index (χ3n) is 3.15. The summed E-state index contributed by atoms with van der Waals surface area (Å²) in [5.74, 6) is 0.171.